The van der Waals surface area contributed by atoms with Crippen molar-refractivity contribution in [3.05, 3.63) is 0 Å². The minimum atomic E-state index is -4.05. The zero-order valence-electron chi connectivity index (χ0n) is 7.90. The van der Waals surface area contributed by atoms with Crippen molar-refractivity contribution in [1.82, 2.24) is 0 Å². The molecule has 13 heavy (non-hydrogen) atoms. The minimum Gasteiger partial charge on any atom is -0.396 e. The fraction of sp³-hybridized carbons (Fsp3) is 1.00. The molecule has 0 saturated heterocycles. The first-order chi connectivity index (χ1) is 6.02. The van der Waals surface area contributed by atoms with Crippen LogP contribution in [0.3, 0.4) is 0 Å². The third kappa shape index (κ3) is 5.91. The molecule has 0 heterocycles. The quantitative estimate of drug-likeness (QED) is 0.650. The van der Waals surface area contributed by atoms with E-state index in [4.69, 9.17) is 5.11 Å². The van der Waals surface area contributed by atoms with Gasteiger partial charge in [0.15, 0.2) is 0 Å². The van der Waals surface area contributed by atoms with Crippen LogP contribution in [0.4, 0.5) is 13.2 Å². The highest BCUT2D eigenvalue weighted by atomic mass is 19.4. The maximum absolute atomic E-state index is 12.2. The first kappa shape index (κ1) is 12.8. The van der Waals surface area contributed by atoms with Gasteiger partial charge in [-0.3, -0.25) is 0 Å². The molecule has 0 aliphatic heterocycles. The van der Waals surface area contributed by atoms with Crippen LogP contribution in [0.15, 0.2) is 0 Å². The van der Waals surface area contributed by atoms with Crippen molar-refractivity contribution < 1.29 is 18.3 Å². The molecule has 1 N–H and O–H groups in total. The van der Waals surface area contributed by atoms with Gasteiger partial charge in [-0.05, 0) is 19.3 Å². The maximum Gasteiger partial charge on any atom is 0.391 e. The number of aliphatic hydroxyl groups is 1. The molecular formula is C9H17F3O. The van der Waals surface area contributed by atoms with Gasteiger partial charge in [-0.15, -0.1) is 0 Å². The van der Waals surface area contributed by atoms with Gasteiger partial charge in [0.2, 0.25) is 0 Å². The molecule has 0 fully saturated rings. The molecule has 0 aromatic carbocycles. The first-order valence-corrected chi connectivity index (χ1v) is 4.70. The molecule has 1 atom stereocenters. The summed E-state index contributed by atoms with van der Waals surface area (Å²) in [6, 6.07) is 0. The normalized spacial score (nSPS) is 14.5. The molecule has 0 amide bonds. The highest BCUT2D eigenvalue weighted by molar-refractivity contribution is 4.65. The van der Waals surface area contributed by atoms with Gasteiger partial charge in [0.25, 0.3) is 0 Å². The summed E-state index contributed by atoms with van der Waals surface area (Å²) in [5.41, 5.74) is 0. The van der Waals surface area contributed by atoms with Crippen LogP contribution in [0, 0.1) is 5.92 Å². The van der Waals surface area contributed by atoms with Crippen LogP contribution in [0.5, 0.6) is 0 Å². The topological polar surface area (TPSA) is 20.2 Å². The average molecular weight is 198 g/mol. The summed E-state index contributed by atoms with van der Waals surface area (Å²) in [7, 11) is 0. The fourth-order valence-electron chi connectivity index (χ4n) is 1.28. The lowest BCUT2D eigenvalue weighted by atomic mass is 9.98. The van der Waals surface area contributed by atoms with E-state index in [1.165, 1.54) is 0 Å². The SMILES string of the molecule is CCC(CCCCCO)C(F)(F)F. The predicted molar refractivity (Wildman–Crippen MR) is 45.4 cm³/mol. The average Bonchev–Trinajstić information content (AvgIpc) is 2.02. The number of unbranched alkanes of at least 4 members (excludes halogenated alkanes) is 2. The Balaban J connectivity index is 3.61. The van der Waals surface area contributed by atoms with Gasteiger partial charge >= 0.3 is 6.18 Å². The standard InChI is InChI=1S/C9H17F3O/c1-2-8(9(10,11)12)6-4-3-5-7-13/h8,13H,2-7H2,1H3. The molecular weight excluding hydrogens is 181 g/mol. The van der Waals surface area contributed by atoms with Crippen molar-refractivity contribution in [1.29, 1.82) is 0 Å². The van der Waals surface area contributed by atoms with Crippen LogP contribution in [0.2, 0.25) is 0 Å². The van der Waals surface area contributed by atoms with Crippen LogP contribution in [0.1, 0.15) is 39.0 Å². The zero-order valence-corrected chi connectivity index (χ0v) is 7.90. The molecule has 4 heteroatoms. The molecule has 0 aromatic heterocycles. The van der Waals surface area contributed by atoms with Crippen molar-refractivity contribution >= 4 is 0 Å². The van der Waals surface area contributed by atoms with Crippen molar-refractivity contribution in [2.24, 2.45) is 5.92 Å². The van der Waals surface area contributed by atoms with Crippen LogP contribution in [-0.2, 0) is 0 Å². The Bertz CT molecular complexity index is 123. The molecule has 0 aliphatic carbocycles. The van der Waals surface area contributed by atoms with Crippen LogP contribution in [0.25, 0.3) is 0 Å². The summed E-state index contributed by atoms with van der Waals surface area (Å²) in [6.45, 7) is 1.63. The van der Waals surface area contributed by atoms with E-state index in [0.717, 1.165) is 0 Å². The summed E-state index contributed by atoms with van der Waals surface area (Å²) in [5.74, 6) is -1.16. The summed E-state index contributed by atoms with van der Waals surface area (Å²) in [6.07, 6.45) is -1.85. The molecule has 1 nitrogen and oxygen atoms in total. The Hall–Kier alpha value is -0.250. The summed E-state index contributed by atoms with van der Waals surface area (Å²) < 4.78 is 36.5. The summed E-state index contributed by atoms with van der Waals surface area (Å²) in [5, 5.41) is 8.43. The Morgan fingerprint density at radius 2 is 1.77 bits per heavy atom. The van der Waals surface area contributed by atoms with Gasteiger partial charge in [0.05, 0.1) is 5.92 Å². The number of halogens is 3. The molecule has 0 aliphatic rings. The van der Waals surface area contributed by atoms with Gasteiger partial charge in [-0.25, -0.2) is 0 Å². The van der Waals surface area contributed by atoms with Crippen molar-refractivity contribution in [2.45, 2.75) is 45.2 Å². The molecule has 0 rings (SSSR count). The van der Waals surface area contributed by atoms with Gasteiger partial charge < -0.3 is 5.11 Å². The number of rotatable bonds is 6. The van der Waals surface area contributed by atoms with Crippen molar-refractivity contribution in [2.75, 3.05) is 6.61 Å². The Morgan fingerprint density at radius 3 is 2.15 bits per heavy atom. The Labute approximate surface area is 76.9 Å². The van der Waals surface area contributed by atoms with E-state index in [-0.39, 0.29) is 19.4 Å². The molecule has 0 aromatic rings. The predicted octanol–water partition coefficient (Wildman–Crippen LogP) is 3.13. The smallest absolute Gasteiger partial charge is 0.391 e. The monoisotopic (exact) mass is 198 g/mol. The molecule has 0 bridgehead atoms. The van der Waals surface area contributed by atoms with E-state index in [1.807, 2.05) is 0 Å². The van der Waals surface area contributed by atoms with E-state index < -0.39 is 12.1 Å². The van der Waals surface area contributed by atoms with Crippen LogP contribution in [-0.4, -0.2) is 17.9 Å². The number of hydrogen-bond donors (Lipinski definition) is 1. The zero-order chi connectivity index (χ0) is 10.3. The van der Waals surface area contributed by atoms with Gasteiger partial charge in [-0.1, -0.05) is 19.8 Å². The fourth-order valence-corrected chi connectivity index (χ4v) is 1.28. The second kappa shape index (κ2) is 6.24. The van der Waals surface area contributed by atoms with E-state index >= 15 is 0 Å². The molecule has 80 valence electrons. The summed E-state index contributed by atoms with van der Waals surface area (Å²) >= 11 is 0. The Kier molecular flexibility index (Phi) is 6.12. The van der Waals surface area contributed by atoms with E-state index in [1.54, 1.807) is 6.92 Å². The lowest BCUT2D eigenvalue weighted by Gasteiger charge is -2.17. The van der Waals surface area contributed by atoms with Crippen molar-refractivity contribution in [3.8, 4) is 0 Å². The second-order valence-corrected chi connectivity index (χ2v) is 3.22. The number of alkyl halides is 3. The second-order valence-electron chi connectivity index (χ2n) is 3.22. The van der Waals surface area contributed by atoms with E-state index in [2.05, 4.69) is 0 Å². The molecule has 0 radical (unpaired) electrons. The third-order valence-electron chi connectivity index (χ3n) is 2.17. The molecule has 1 unspecified atom stereocenters. The van der Waals surface area contributed by atoms with E-state index in [9.17, 15) is 13.2 Å². The van der Waals surface area contributed by atoms with Gasteiger partial charge in [0, 0.05) is 6.61 Å². The van der Waals surface area contributed by atoms with Gasteiger partial charge in [0.1, 0.15) is 0 Å². The van der Waals surface area contributed by atoms with Gasteiger partial charge in [-0.2, -0.15) is 13.2 Å². The lowest BCUT2D eigenvalue weighted by molar-refractivity contribution is -0.177. The highest BCUT2D eigenvalue weighted by Gasteiger charge is 2.37. The highest BCUT2D eigenvalue weighted by Crippen LogP contribution is 2.32. The van der Waals surface area contributed by atoms with Crippen LogP contribution >= 0.6 is 0 Å². The number of aliphatic hydroxyl groups excluding tert-OH is 1. The lowest BCUT2D eigenvalue weighted by Crippen LogP contribution is -2.21. The molecule has 0 saturated carbocycles. The van der Waals surface area contributed by atoms with Crippen LogP contribution < -0.4 is 0 Å². The largest absolute Gasteiger partial charge is 0.396 e. The van der Waals surface area contributed by atoms with Crippen molar-refractivity contribution in [3.63, 3.8) is 0 Å². The Morgan fingerprint density at radius 1 is 1.15 bits per heavy atom. The maximum atomic E-state index is 12.2. The number of hydrogen-bond acceptors (Lipinski definition) is 1. The third-order valence-corrected chi connectivity index (χ3v) is 2.17. The molecule has 0 spiro atoms. The van der Waals surface area contributed by atoms with E-state index in [0.29, 0.717) is 19.3 Å². The summed E-state index contributed by atoms with van der Waals surface area (Å²) in [4.78, 5) is 0. The minimum absolute atomic E-state index is 0.0722. The first-order valence-electron chi connectivity index (χ1n) is 4.70.